The topological polar surface area (TPSA) is 92.4 Å². The lowest BCUT2D eigenvalue weighted by atomic mass is 10.1. The van der Waals surface area contributed by atoms with Crippen LogP contribution in [0.4, 0.5) is 5.69 Å². The van der Waals surface area contributed by atoms with Crippen molar-refractivity contribution in [3.63, 3.8) is 0 Å². The molecule has 0 bridgehead atoms. The van der Waals surface area contributed by atoms with Crippen LogP contribution < -0.4 is 11.1 Å². The number of hydrogen-bond acceptors (Lipinski definition) is 3. The van der Waals surface area contributed by atoms with Gasteiger partial charge in [-0.2, -0.15) is 0 Å². The third-order valence-corrected chi connectivity index (χ3v) is 2.52. The Bertz CT molecular complexity index is 426. The maximum Gasteiger partial charge on any atom is 0.320 e. The van der Waals surface area contributed by atoms with Gasteiger partial charge < -0.3 is 16.2 Å². The molecular weight excluding hydrogens is 232 g/mol. The Hall–Kier alpha value is -1.88. The minimum Gasteiger partial charge on any atom is -0.480 e. The van der Waals surface area contributed by atoms with Gasteiger partial charge in [-0.15, -0.1) is 0 Å². The monoisotopic (exact) mass is 250 g/mol. The number of carboxylic acid groups (broad SMARTS) is 1. The van der Waals surface area contributed by atoms with Gasteiger partial charge in [-0.1, -0.05) is 26.0 Å². The molecule has 1 atom stereocenters. The van der Waals surface area contributed by atoms with Gasteiger partial charge in [-0.3, -0.25) is 9.59 Å². The third-order valence-electron chi connectivity index (χ3n) is 2.52. The van der Waals surface area contributed by atoms with Crippen LogP contribution >= 0.6 is 0 Å². The summed E-state index contributed by atoms with van der Waals surface area (Å²) in [5, 5.41) is 11.5. The zero-order valence-corrected chi connectivity index (χ0v) is 10.5. The molecule has 0 aromatic heterocycles. The van der Waals surface area contributed by atoms with E-state index in [1.165, 1.54) is 0 Å². The average Bonchev–Trinajstić information content (AvgIpc) is 2.31. The van der Waals surface area contributed by atoms with Crippen LogP contribution in [0.25, 0.3) is 0 Å². The minimum atomic E-state index is -1.02. The number of carbonyl (C=O) groups excluding carboxylic acids is 1. The number of anilines is 1. The standard InChI is InChI=1S/C13H18N2O3/c1-8(2)12(16)15-10-5-3-9(4-6-10)7-11(14)13(17)18/h3-6,8,11H,7,14H2,1-2H3,(H,15,16)(H,17,18). The summed E-state index contributed by atoms with van der Waals surface area (Å²) in [5.41, 5.74) is 6.96. The van der Waals surface area contributed by atoms with Gasteiger partial charge in [-0.05, 0) is 24.1 Å². The predicted octanol–water partition coefficient (Wildman–Crippen LogP) is 1.24. The van der Waals surface area contributed by atoms with Gasteiger partial charge in [0.05, 0.1) is 0 Å². The van der Waals surface area contributed by atoms with Crippen LogP contribution in [0.15, 0.2) is 24.3 Å². The molecule has 18 heavy (non-hydrogen) atoms. The number of nitrogens with two attached hydrogens (primary N) is 1. The molecule has 1 rings (SSSR count). The number of rotatable bonds is 5. The van der Waals surface area contributed by atoms with E-state index in [0.717, 1.165) is 5.56 Å². The van der Waals surface area contributed by atoms with Gasteiger partial charge in [0.15, 0.2) is 0 Å². The molecule has 5 nitrogen and oxygen atoms in total. The molecule has 0 aliphatic carbocycles. The second kappa shape index (κ2) is 6.16. The molecule has 0 aliphatic rings. The SMILES string of the molecule is CC(C)C(=O)Nc1ccc(CC(N)C(=O)O)cc1. The van der Waals surface area contributed by atoms with Crippen LogP contribution in [-0.4, -0.2) is 23.0 Å². The maximum atomic E-state index is 11.5. The largest absolute Gasteiger partial charge is 0.480 e. The maximum absolute atomic E-state index is 11.5. The Morgan fingerprint density at radius 3 is 2.28 bits per heavy atom. The summed E-state index contributed by atoms with van der Waals surface area (Å²) < 4.78 is 0. The average molecular weight is 250 g/mol. The number of carbonyl (C=O) groups is 2. The van der Waals surface area contributed by atoms with E-state index < -0.39 is 12.0 Å². The number of carboxylic acids is 1. The molecule has 0 saturated heterocycles. The first kappa shape index (κ1) is 14.2. The Morgan fingerprint density at radius 2 is 1.83 bits per heavy atom. The molecule has 0 heterocycles. The van der Waals surface area contributed by atoms with Crippen molar-refractivity contribution in [2.75, 3.05) is 5.32 Å². The summed E-state index contributed by atoms with van der Waals surface area (Å²) in [4.78, 5) is 22.1. The molecule has 98 valence electrons. The first-order valence-electron chi connectivity index (χ1n) is 5.78. The molecular formula is C13H18N2O3. The van der Waals surface area contributed by atoms with Crippen molar-refractivity contribution >= 4 is 17.6 Å². The molecule has 1 aromatic carbocycles. The molecule has 0 radical (unpaired) electrons. The van der Waals surface area contributed by atoms with Gasteiger partial charge >= 0.3 is 5.97 Å². The first-order valence-corrected chi connectivity index (χ1v) is 5.78. The van der Waals surface area contributed by atoms with E-state index in [1.807, 2.05) is 13.8 Å². The highest BCUT2D eigenvalue weighted by Crippen LogP contribution is 2.12. The van der Waals surface area contributed by atoms with Gasteiger partial charge in [0.2, 0.25) is 5.91 Å². The van der Waals surface area contributed by atoms with Crippen LogP contribution in [0.2, 0.25) is 0 Å². The van der Waals surface area contributed by atoms with Crippen molar-refractivity contribution in [1.29, 1.82) is 0 Å². The summed E-state index contributed by atoms with van der Waals surface area (Å²) in [5.74, 6) is -1.15. The molecule has 1 unspecified atom stereocenters. The number of hydrogen-bond donors (Lipinski definition) is 3. The molecule has 0 spiro atoms. The van der Waals surface area contributed by atoms with Crippen LogP contribution in [-0.2, 0) is 16.0 Å². The quantitative estimate of drug-likeness (QED) is 0.733. The van der Waals surface area contributed by atoms with E-state index in [0.29, 0.717) is 5.69 Å². The zero-order valence-electron chi connectivity index (χ0n) is 10.5. The highest BCUT2D eigenvalue weighted by atomic mass is 16.4. The smallest absolute Gasteiger partial charge is 0.320 e. The van der Waals surface area contributed by atoms with Gasteiger partial charge in [-0.25, -0.2) is 0 Å². The Labute approximate surface area is 106 Å². The molecule has 0 aliphatic heterocycles. The summed E-state index contributed by atoms with van der Waals surface area (Å²) >= 11 is 0. The van der Waals surface area contributed by atoms with Crippen molar-refractivity contribution < 1.29 is 14.7 Å². The fourth-order valence-electron chi connectivity index (χ4n) is 1.35. The Kier molecular flexibility index (Phi) is 4.85. The van der Waals surface area contributed by atoms with Crippen molar-refractivity contribution in [2.45, 2.75) is 26.3 Å². The second-order valence-electron chi connectivity index (χ2n) is 4.49. The van der Waals surface area contributed by atoms with Gasteiger partial charge in [0.1, 0.15) is 6.04 Å². The van der Waals surface area contributed by atoms with Gasteiger partial charge in [0, 0.05) is 11.6 Å². The lowest BCUT2D eigenvalue weighted by Crippen LogP contribution is -2.32. The van der Waals surface area contributed by atoms with Crippen LogP contribution in [0.3, 0.4) is 0 Å². The molecule has 1 amide bonds. The Balaban J connectivity index is 2.63. The Morgan fingerprint density at radius 1 is 1.28 bits per heavy atom. The highest BCUT2D eigenvalue weighted by molar-refractivity contribution is 5.92. The predicted molar refractivity (Wildman–Crippen MR) is 69.2 cm³/mol. The molecule has 5 heteroatoms. The van der Waals surface area contributed by atoms with Crippen LogP contribution in [0, 0.1) is 5.92 Å². The summed E-state index contributed by atoms with van der Waals surface area (Å²) in [6, 6.07) is 6.10. The molecule has 4 N–H and O–H groups in total. The fraction of sp³-hybridized carbons (Fsp3) is 0.385. The van der Waals surface area contributed by atoms with E-state index in [4.69, 9.17) is 10.8 Å². The van der Waals surface area contributed by atoms with Crippen molar-refractivity contribution in [3.8, 4) is 0 Å². The highest BCUT2D eigenvalue weighted by Gasteiger charge is 2.12. The van der Waals surface area contributed by atoms with E-state index in [2.05, 4.69) is 5.32 Å². The normalized spacial score (nSPS) is 12.2. The number of amides is 1. The van der Waals surface area contributed by atoms with Crippen LogP contribution in [0.5, 0.6) is 0 Å². The van der Waals surface area contributed by atoms with Crippen molar-refractivity contribution in [1.82, 2.24) is 0 Å². The summed E-state index contributed by atoms with van der Waals surface area (Å²) in [7, 11) is 0. The van der Waals surface area contributed by atoms with E-state index in [-0.39, 0.29) is 18.2 Å². The van der Waals surface area contributed by atoms with Gasteiger partial charge in [0.25, 0.3) is 0 Å². The fourth-order valence-corrected chi connectivity index (χ4v) is 1.35. The number of benzene rings is 1. The minimum absolute atomic E-state index is 0.0509. The first-order chi connectivity index (χ1) is 8.40. The summed E-state index contributed by atoms with van der Waals surface area (Å²) in [6.07, 6.45) is 0.272. The third kappa shape index (κ3) is 4.18. The zero-order chi connectivity index (χ0) is 13.7. The van der Waals surface area contributed by atoms with E-state index in [1.54, 1.807) is 24.3 Å². The summed E-state index contributed by atoms with van der Waals surface area (Å²) in [6.45, 7) is 3.63. The van der Waals surface area contributed by atoms with Crippen molar-refractivity contribution in [2.24, 2.45) is 11.7 Å². The van der Waals surface area contributed by atoms with Crippen molar-refractivity contribution in [3.05, 3.63) is 29.8 Å². The molecule has 0 saturated carbocycles. The lowest BCUT2D eigenvalue weighted by molar-refractivity contribution is -0.138. The second-order valence-corrected chi connectivity index (χ2v) is 4.49. The molecule has 0 fully saturated rings. The van der Waals surface area contributed by atoms with E-state index in [9.17, 15) is 9.59 Å². The number of aliphatic carboxylic acids is 1. The number of nitrogens with one attached hydrogen (secondary N) is 1. The molecule has 1 aromatic rings. The van der Waals surface area contributed by atoms with Crippen LogP contribution in [0.1, 0.15) is 19.4 Å². The van der Waals surface area contributed by atoms with E-state index >= 15 is 0 Å². The lowest BCUT2D eigenvalue weighted by Gasteiger charge is -2.09.